The Labute approximate surface area is 124 Å². The van der Waals surface area contributed by atoms with E-state index < -0.39 is 0 Å². The second-order valence-corrected chi connectivity index (χ2v) is 6.72. The monoisotopic (exact) mass is 296 g/mol. The lowest BCUT2D eigenvalue weighted by Gasteiger charge is -2.17. The van der Waals surface area contributed by atoms with Crippen LogP contribution in [0.5, 0.6) is 0 Å². The molecule has 1 aliphatic rings. The number of aromatic nitrogens is 1. The van der Waals surface area contributed by atoms with E-state index in [0.717, 1.165) is 30.3 Å². The summed E-state index contributed by atoms with van der Waals surface area (Å²) in [5.74, 6) is 5.26. The molecule has 1 aliphatic heterocycles. The smallest absolute Gasteiger partial charge is 0.277 e. The average molecular weight is 296 g/mol. The van der Waals surface area contributed by atoms with E-state index in [0.29, 0.717) is 4.88 Å². The van der Waals surface area contributed by atoms with Gasteiger partial charge in [-0.1, -0.05) is 26.7 Å². The van der Waals surface area contributed by atoms with Gasteiger partial charge in [0.25, 0.3) is 5.91 Å². The van der Waals surface area contributed by atoms with Crippen LogP contribution in [0, 0.1) is 0 Å². The van der Waals surface area contributed by atoms with E-state index in [1.54, 1.807) is 0 Å². The number of nitrogens with two attached hydrogens (primary N) is 1. The summed E-state index contributed by atoms with van der Waals surface area (Å²) in [5, 5.41) is 1.02. The Morgan fingerprint density at radius 1 is 1.35 bits per heavy atom. The molecule has 112 valence electrons. The molecule has 3 N–H and O–H groups in total. The minimum atomic E-state index is -0.228. The summed E-state index contributed by atoms with van der Waals surface area (Å²) in [6.45, 7) is 7.22. The summed E-state index contributed by atoms with van der Waals surface area (Å²) in [5.41, 5.74) is 3.09. The fourth-order valence-corrected chi connectivity index (χ4v) is 3.72. The Morgan fingerprint density at radius 3 is 2.55 bits per heavy atom. The molecule has 6 heteroatoms. The van der Waals surface area contributed by atoms with Crippen LogP contribution in [0.15, 0.2) is 0 Å². The Morgan fingerprint density at radius 2 is 2.00 bits per heavy atom. The van der Waals surface area contributed by atoms with E-state index in [1.165, 1.54) is 37.0 Å². The van der Waals surface area contributed by atoms with Crippen molar-refractivity contribution < 1.29 is 4.79 Å². The molecule has 1 saturated heterocycles. The van der Waals surface area contributed by atoms with Crippen molar-refractivity contribution in [3.05, 3.63) is 15.6 Å². The molecule has 0 unspecified atom stereocenters. The Kier molecular flexibility index (Phi) is 5.51. The number of rotatable bonds is 4. The summed E-state index contributed by atoms with van der Waals surface area (Å²) in [7, 11) is 0. The van der Waals surface area contributed by atoms with Crippen molar-refractivity contribution in [2.24, 2.45) is 5.84 Å². The van der Waals surface area contributed by atoms with Crippen molar-refractivity contribution in [1.82, 2.24) is 15.3 Å². The lowest BCUT2D eigenvalue weighted by atomic mass is 10.1. The molecule has 1 amide bonds. The van der Waals surface area contributed by atoms with E-state index in [9.17, 15) is 4.79 Å². The van der Waals surface area contributed by atoms with E-state index in [2.05, 4.69) is 29.2 Å². The molecule has 0 spiro atoms. The van der Waals surface area contributed by atoms with Gasteiger partial charge in [0.1, 0.15) is 9.88 Å². The Hall–Kier alpha value is -0.980. The number of nitrogen functional groups attached to an aromatic ring is 1. The summed E-state index contributed by atoms with van der Waals surface area (Å²) in [4.78, 5) is 19.6. The third kappa shape index (κ3) is 3.77. The molecule has 1 aromatic heterocycles. The van der Waals surface area contributed by atoms with Crippen molar-refractivity contribution in [3.8, 4) is 0 Å². The summed E-state index contributed by atoms with van der Waals surface area (Å²) >= 11 is 1.48. The van der Waals surface area contributed by atoms with Crippen LogP contribution in [-0.4, -0.2) is 28.9 Å². The van der Waals surface area contributed by atoms with Crippen LogP contribution in [0.2, 0.25) is 0 Å². The largest absolute Gasteiger partial charge is 0.297 e. The third-order valence-corrected chi connectivity index (χ3v) is 4.69. The molecule has 0 radical (unpaired) electrons. The van der Waals surface area contributed by atoms with Crippen LogP contribution in [-0.2, 0) is 6.54 Å². The summed E-state index contributed by atoms with van der Waals surface area (Å²) in [6, 6.07) is 0. The molecule has 0 atom stereocenters. The van der Waals surface area contributed by atoms with Crippen LogP contribution >= 0.6 is 11.3 Å². The highest BCUT2D eigenvalue weighted by Crippen LogP contribution is 2.26. The van der Waals surface area contributed by atoms with Gasteiger partial charge < -0.3 is 0 Å². The minimum absolute atomic E-state index is 0.228. The van der Waals surface area contributed by atoms with Crippen LogP contribution in [0.1, 0.15) is 65.8 Å². The lowest BCUT2D eigenvalue weighted by molar-refractivity contribution is 0.0956. The molecule has 2 rings (SSSR count). The van der Waals surface area contributed by atoms with Gasteiger partial charge in [-0.15, -0.1) is 11.3 Å². The molecular formula is C14H24N4OS. The third-order valence-electron chi connectivity index (χ3n) is 3.64. The van der Waals surface area contributed by atoms with Gasteiger partial charge in [0.15, 0.2) is 0 Å². The number of hydrogen-bond donors (Lipinski definition) is 2. The zero-order valence-electron chi connectivity index (χ0n) is 12.3. The van der Waals surface area contributed by atoms with Crippen molar-refractivity contribution >= 4 is 17.2 Å². The highest BCUT2D eigenvalue weighted by Gasteiger charge is 2.21. The van der Waals surface area contributed by atoms with Crippen LogP contribution in [0.25, 0.3) is 0 Å². The fourth-order valence-electron chi connectivity index (χ4n) is 2.55. The Balaban J connectivity index is 2.13. The molecular weight excluding hydrogens is 272 g/mol. The molecule has 2 heterocycles. The standard InChI is InChI=1S/C14H24N4OS/c1-10(2)12-13(14(19)17-15)20-11(16-12)9-18-7-5-3-4-6-8-18/h10H,3-9,15H2,1-2H3,(H,17,19). The maximum absolute atomic E-state index is 11.8. The van der Waals surface area contributed by atoms with E-state index in [1.807, 2.05) is 0 Å². The first-order valence-electron chi connectivity index (χ1n) is 7.34. The first-order chi connectivity index (χ1) is 9.61. The highest BCUT2D eigenvalue weighted by molar-refractivity contribution is 7.13. The zero-order valence-corrected chi connectivity index (χ0v) is 13.1. The van der Waals surface area contributed by atoms with Crippen LogP contribution < -0.4 is 11.3 Å². The fraction of sp³-hybridized carbons (Fsp3) is 0.714. The molecule has 1 aromatic rings. The van der Waals surface area contributed by atoms with Gasteiger partial charge in [-0.05, 0) is 31.8 Å². The normalized spacial score (nSPS) is 17.2. The maximum atomic E-state index is 11.8. The summed E-state index contributed by atoms with van der Waals surface area (Å²) in [6.07, 6.45) is 5.18. The average Bonchev–Trinajstić information content (AvgIpc) is 2.68. The number of thiazole rings is 1. The number of amides is 1. The SMILES string of the molecule is CC(C)c1nc(CN2CCCCCC2)sc1C(=O)NN. The zero-order chi connectivity index (χ0) is 14.5. The number of carbonyl (C=O) groups excluding carboxylic acids is 1. The van der Waals surface area contributed by atoms with E-state index in [4.69, 9.17) is 5.84 Å². The second kappa shape index (κ2) is 7.15. The molecule has 0 bridgehead atoms. The maximum Gasteiger partial charge on any atom is 0.277 e. The number of nitrogens with zero attached hydrogens (tertiary/aromatic N) is 2. The van der Waals surface area contributed by atoms with Crippen molar-refractivity contribution in [1.29, 1.82) is 0 Å². The molecule has 5 nitrogen and oxygen atoms in total. The molecule has 1 fully saturated rings. The first kappa shape index (κ1) is 15.4. The highest BCUT2D eigenvalue weighted by atomic mass is 32.1. The molecule has 0 aliphatic carbocycles. The van der Waals surface area contributed by atoms with E-state index >= 15 is 0 Å². The second-order valence-electron chi connectivity index (χ2n) is 5.64. The van der Waals surface area contributed by atoms with Gasteiger partial charge in [0, 0.05) is 0 Å². The predicted octanol–water partition coefficient (Wildman–Crippen LogP) is 2.25. The number of nitrogens with one attached hydrogen (secondary N) is 1. The number of likely N-dealkylation sites (tertiary alicyclic amines) is 1. The van der Waals surface area contributed by atoms with Gasteiger partial charge >= 0.3 is 0 Å². The quantitative estimate of drug-likeness (QED) is 0.508. The predicted molar refractivity (Wildman–Crippen MR) is 81.6 cm³/mol. The Bertz CT molecular complexity index is 450. The van der Waals surface area contributed by atoms with Crippen molar-refractivity contribution in [3.63, 3.8) is 0 Å². The number of hydrazine groups is 1. The lowest BCUT2D eigenvalue weighted by Crippen LogP contribution is -2.30. The number of hydrogen-bond acceptors (Lipinski definition) is 5. The van der Waals surface area contributed by atoms with E-state index in [-0.39, 0.29) is 11.8 Å². The van der Waals surface area contributed by atoms with Crippen molar-refractivity contribution in [2.45, 2.75) is 52.0 Å². The first-order valence-corrected chi connectivity index (χ1v) is 8.16. The molecule has 0 aromatic carbocycles. The van der Waals surface area contributed by atoms with Crippen molar-refractivity contribution in [2.75, 3.05) is 13.1 Å². The number of carbonyl (C=O) groups is 1. The van der Waals surface area contributed by atoms with Gasteiger partial charge in [-0.25, -0.2) is 10.8 Å². The molecule has 20 heavy (non-hydrogen) atoms. The van der Waals surface area contributed by atoms with Gasteiger partial charge in [0.2, 0.25) is 0 Å². The van der Waals surface area contributed by atoms with Gasteiger partial charge in [-0.3, -0.25) is 15.1 Å². The van der Waals surface area contributed by atoms with Crippen LogP contribution in [0.3, 0.4) is 0 Å². The molecule has 0 saturated carbocycles. The van der Waals surface area contributed by atoms with Gasteiger partial charge in [0.05, 0.1) is 12.2 Å². The van der Waals surface area contributed by atoms with Gasteiger partial charge in [-0.2, -0.15) is 0 Å². The topological polar surface area (TPSA) is 71.2 Å². The minimum Gasteiger partial charge on any atom is -0.297 e. The van der Waals surface area contributed by atoms with Crippen LogP contribution in [0.4, 0.5) is 0 Å². The summed E-state index contributed by atoms with van der Waals surface area (Å²) < 4.78 is 0.